The number of hydrogen-bond acceptors (Lipinski definition) is 5. The topological polar surface area (TPSA) is 84.0 Å². The van der Waals surface area contributed by atoms with Crippen LogP contribution in [0.25, 0.3) is 0 Å². The second kappa shape index (κ2) is 5.54. The number of benzene rings is 1. The zero-order chi connectivity index (χ0) is 13.9. The monoisotopic (exact) mass is 342 g/mol. The third kappa shape index (κ3) is 3.42. The molecule has 19 heavy (non-hydrogen) atoms. The van der Waals surface area contributed by atoms with E-state index < -0.39 is 10.0 Å². The summed E-state index contributed by atoms with van der Waals surface area (Å²) in [6, 6.07) is 6.39. The minimum Gasteiger partial charge on any atom is -0.388 e. The van der Waals surface area contributed by atoms with E-state index in [4.69, 9.17) is 0 Å². The van der Waals surface area contributed by atoms with Gasteiger partial charge in [0.05, 0.1) is 17.3 Å². The summed E-state index contributed by atoms with van der Waals surface area (Å²) in [7, 11) is -1.88. The Morgan fingerprint density at radius 3 is 2.32 bits per heavy atom. The van der Waals surface area contributed by atoms with Crippen molar-refractivity contribution in [3.05, 3.63) is 41.3 Å². The van der Waals surface area contributed by atoms with E-state index in [1.165, 1.54) is 24.5 Å². The van der Waals surface area contributed by atoms with Gasteiger partial charge in [-0.15, -0.1) is 0 Å². The molecule has 0 aliphatic heterocycles. The van der Waals surface area contributed by atoms with Crippen LogP contribution in [0.15, 0.2) is 46.2 Å². The Hall–Kier alpha value is -1.67. The van der Waals surface area contributed by atoms with E-state index in [0.29, 0.717) is 4.60 Å². The first-order valence-corrected chi connectivity index (χ1v) is 7.57. The Bertz CT molecular complexity index is 656. The van der Waals surface area contributed by atoms with Crippen LogP contribution in [0.2, 0.25) is 0 Å². The molecule has 1 aromatic heterocycles. The lowest BCUT2D eigenvalue weighted by Gasteiger charge is -2.07. The van der Waals surface area contributed by atoms with Crippen LogP contribution >= 0.6 is 15.9 Å². The maximum Gasteiger partial charge on any atom is 0.263 e. The van der Waals surface area contributed by atoms with Crippen molar-refractivity contribution in [1.29, 1.82) is 0 Å². The summed E-state index contributed by atoms with van der Waals surface area (Å²) < 4.78 is 27.0. The van der Waals surface area contributed by atoms with Crippen molar-refractivity contribution < 1.29 is 8.42 Å². The lowest BCUT2D eigenvalue weighted by molar-refractivity contribution is 0.601. The third-order valence-electron chi connectivity index (χ3n) is 2.31. The van der Waals surface area contributed by atoms with Crippen LogP contribution in [0.1, 0.15) is 0 Å². The average Bonchev–Trinajstić information content (AvgIpc) is 2.41. The van der Waals surface area contributed by atoms with Crippen LogP contribution in [0.4, 0.5) is 11.5 Å². The van der Waals surface area contributed by atoms with Gasteiger partial charge in [-0.2, -0.15) is 0 Å². The van der Waals surface area contributed by atoms with Gasteiger partial charge in [0.2, 0.25) is 0 Å². The zero-order valence-electron chi connectivity index (χ0n) is 9.96. The number of nitrogens with one attached hydrogen (secondary N) is 2. The number of hydrogen-bond donors (Lipinski definition) is 2. The number of halogens is 1. The van der Waals surface area contributed by atoms with E-state index in [9.17, 15) is 8.42 Å². The summed E-state index contributed by atoms with van der Waals surface area (Å²) in [5.41, 5.74) is 0.836. The molecule has 0 saturated carbocycles. The fourth-order valence-electron chi connectivity index (χ4n) is 1.36. The Labute approximate surface area is 119 Å². The van der Waals surface area contributed by atoms with Gasteiger partial charge < -0.3 is 5.32 Å². The molecule has 2 aromatic rings. The van der Waals surface area contributed by atoms with Gasteiger partial charge >= 0.3 is 0 Å². The van der Waals surface area contributed by atoms with E-state index in [1.54, 1.807) is 19.2 Å². The summed E-state index contributed by atoms with van der Waals surface area (Å²) in [6.45, 7) is 0. The van der Waals surface area contributed by atoms with Gasteiger partial charge in [-0.1, -0.05) is 0 Å². The molecule has 0 atom stereocenters. The fraction of sp³-hybridized carbons (Fsp3) is 0.0909. The van der Waals surface area contributed by atoms with Gasteiger partial charge in [-0.3, -0.25) is 4.72 Å². The molecule has 0 bridgehead atoms. The van der Waals surface area contributed by atoms with Crippen LogP contribution in [0, 0.1) is 0 Å². The Morgan fingerprint density at radius 1 is 1.11 bits per heavy atom. The molecule has 100 valence electrons. The van der Waals surface area contributed by atoms with Gasteiger partial charge in [-0.05, 0) is 40.2 Å². The Kier molecular flexibility index (Phi) is 4.01. The number of anilines is 2. The minimum atomic E-state index is -3.65. The van der Waals surface area contributed by atoms with Crippen LogP contribution in [0.5, 0.6) is 0 Å². The SMILES string of the molecule is CNc1ccc(S(=O)(=O)Nc2cnc(Br)cn2)cc1. The number of sulfonamides is 1. The molecule has 0 saturated heterocycles. The molecule has 0 amide bonds. The number of nitrogens with zero attached hydrogens (tertiary/aromatic N) is 2. The molecule has 0 spiro atoms. The number of aromatic nitrogens is 2. The minimum absolute atomic E-state index is 0.163. The molecule has 0 aliphatic rings. The zero-order valence-corrected chi connectivity index (χ0v) is 12.4. The fourth-order valence-corrected chi connectivity index (χ4v) is 2.56. The highest BCUT2D eigenvalue weighted by Crippen LogP contribution is 2.16. The van der Waals surface area contributed by atoms with Crippen LogP contribution < -0.4 is 10.0 Å². The lowest BCUT2D eigenvalue weighted by atomic mass is 10.3. The predicted molar refractivity (Wildman–Crippen MR) is 76.5 cm³/mol. The number of rotatable bonds is 4. The van der Waals surface area contributed by atoms with Crippen molar-refractivity contribution in [2.75, 3.05) is 17.1 Å². The van der Waals surface area contributed by atoms with E-state index in [2.05, 4.69) is 35.9 Å². The van der Waals surface area contributed by atoms with Gasteiger partial charge in [0.25, 0.3) is 10.0 Å². The molecule has 0 fully saturated rings. The van der Waals surface area contributed by atoms with E-state index >= 15 is 0 Å². The van der Waals surface area contributed by atoms with E-state index in [1.807, 2.05) is 0 Å². The van der Waals surface area contributed by atoms with Crippen molar-refractivity contribution in [3.63, 3.8) is 0 Å². The van der Waals surface area contributed by atoms with Crippen LogP contribution in [0.3, 0.4) is 0 Å². The molecular weight excluding hydrogens is 332 g/mol. The molecule has 1 aromatic carbocycles. The van der Waals surface area contributed by atoms with Crippen molar-refractivity contribution in [1.82, 2.24) is 9.97 Å². The highest BCUT2D eigenvalue weighted by atomic mass is 79.9. The second-order valence-electron chi connectivity index (χ2n) is 3.60. The van der Waals surface area contributed by atoms with Crippen molar-refractivity contribution in [3.8, 4) is 0 Å². The average molecular weight is 343 g/mol. The highest BCUT2D eigenvalue weighted by molar-refractivity contribution is 9.10. The standard InChI is InChI=1S/C11H11BrN4O2S/c1-13-8-2-4-9(5-3-8)19(17,18)16-11-7-14-10(12)6-15-11/h2-7,13H,1H3,(H,15,16). The maximum absolute atomic E-state index is 12.1. The predicted octanol–water partition coefficient (Wildman–Crippen LogP) is 2.08. The molecule has 2 rings (SSSR count). The quantitative estimate of drug-likeness (QED) is 0.888. The molecule has 2 N–H and O–H groups in total. The summed E-state index contributed by atoms with van der Waals surface area (Å²) in [5, 5.41) is 2.92. The van der Waals surface area contributed by atoms with Crippen LogP contribution in [-0.4, -0.2) is 25.4 Å². The Morgan fingerprint density at radius 2 is 1.79 bits per heavy atom. The molecule has 0 aliphatic carbocycles. The molecular formula is C11H11BrN4O2S. The molecule has 0 radical (unpaired) electrons. The lowest BCUT2D eigenvalue weighted by Crippen LogP contribution is -2.14. The summed E-state index contributed by atoms with van der Waals surface area (Å²) in [4.78, 5) is 7.98. The van der Waals surface area contributed by atoms with Crippen molar-refractivity contribution in [2.45, 2.75) is 4.90 Å². The molecule has 8 heteroatoms. The second-order valence-corrected chi connectivity index (χ2v) is 6.10. The Balaban J connectivity index is 2.24. The van der Waals surface area contributed by atoms with Crippen LogP contribution in [-0.2, 0) is 10.0 Å². The smallest absolute Gasteiger partial charge is 0.263 e. The van der Waals surface area contributed by atoms with Gasteiger partial charge in [0.1, 0.15) is 4.60 Å². The largest absolute Gasteiger partial charge is 0.388 e. The molecule has 0 unspecified atom stereocenters. The summed E-state index contributed by atoms with van der Waals surface area (Å²) in [6.07, 6.45) is 2.76. The first-order chi connectivity index (χ1) is 9.01. The van der Waals surface area contributed by atoms with E-state index in [-0.39, 0.29) is 10.7 Å². The molecule has 1 heterocycles. The third-order valence-corrected chi connectivity index (χ3v) is 4.09. The normalized spacial score (nSPS) is 11.1. The first kappa shape index (κ1) is 13.8. The maximum atomic E-state index is 12.1. The van der Waals surface area contributed by atoms with Crippen molar-refractivity contribution >= 4 is 37.5 Å². The van der Waals surface area contributed by atoms with Gasteiger partial charge in [0, 0.05) is 12.7 Å². The summed E-state index contributed by atoms with van der Waals surface area (Å²) >= 11 is 3.13. The summed E-state index contributed by atoms with van der Waals surface area (Å²) in [5.74, 6) is 0.167. The molecule has 6 nitrogen and oxygen atoms in total. The van der Waals surface area contributed by atoms with E-state index in [0.717, 1.165) is 5.69 Å². The van der Waals surface area contributed by atoms with Crippen molar-refractivity contribution in [2.24, 2.45) is 0 Å². The van der Waals surface area contributed by atoms with Gasteiger partial charge in [-0.25, -0.2) is 18.4 Å². The highest BCUT2D eigenvalue weighted by Gasteiger charge is 2.14. The van der Waals surface area contributed by atoms with Gasteiger partial charge in [0.15, 0.2) is 5.82 Å². The first-order valence-electron chi connectivity index (χ1n) is 5.29.